The number of carbonyl (C=O) groups is 1. The zero-order valence-electron chi connectivity index (χ0n) is 16.9. The van der Waals surface area contributed by atoms with Crippen LogP contribution < -0.4 is 9.64 Å². The number of nitrogens with zero attached hydrogens (tertiary/aromatic N) is 3. The fourth-order valence-corrected chi connectivity index (χ4v) is 4.11. The van der Waals surface area contributed by atoms with Crippen molar-refractivity contribution < 1.29 is 9.53 Å². The summed E-state index contributed by atoms with van der Waals surface area (Å²) in [6, 6.07) is 13.6. The first-order chi connectivity index (χ1) is 13.5. The third kappa shape index (κ3) is 4.51. The van der Waals surface area contributed by atoms with E-state index in [0.29, 0.717) is 12.1 Å². The number of rotatable bonds is 8. The summed E-state index contributed by atoms with van der Waals surface area (Å²) in [6.07, 6.45) is 0. The van der Waals surface area contributed by atoms with E-state index in [0.717, 1.165) is 46.3 Å². The number of amides is 1. The van der Waals surface area contributed by atoms with Crippen molar-refractivity contribution in [2.45, 2.75) is 20.8 Å². The smallest absolute Gasteiger partial charge is 0.260 e. The first-order valence-electron chi connectivity index (χ1n) is 9.61. The van der Waals surface area contributed by atoms with Gasteiger partial charge in [0.25, 0.3) is 5.91 Å². The maximum atomic E-state index is 13.3. The van der Waals surface area contributed by atoms with Gasteiger partial charge in [-0.1, -0.05) is 42.9 Å². The summed E-state index contributed by atoms with van der Waals surface area (Å²) in [5, 5.41) is 0.724. The SMILES string of the molecule is CCN(CC)CCN(C(=O)c1cccc(C)c1)c1nc2cc(OC)ccc2s1. The van der Waals surface area contributed by atoms with Crippen molar-refractivity contribution >= 4 is 32.6 Å². The molecule has 1 aromatic heterocycles. The van der Waals surface area contributed by atoms with Gasteiger partial charge in [0.1, 0.15) is 5.75 Å². The third-order valence-electron chi connectivity index (χ3n) is 4.86. The van der Waals surface area contributed by atoms with E-state index in [1.165, 1.54) is 11.3 Å². The number of aromatic nitrogens is 1. The number of carbonyl (C=O) groups excluding carboxylic acids is 1. The van der Waals surface area contributed by atoms with E-state index in [1.54, 1.807) is 7.11 Å². The Morgan fingerprint density at radius 2 is 1.89 bits per heavy atom. The quantitative estimate of drug-likeness (QED) is 0.557. The van der Waals surface area contributed by atoms with Crippen molar-refractivity contribution in [3.63, 3.8) is 0 Å². The van der Waals surface area contributed by atoms with Crippen LogP contribution in [0.25, 0.3) is 10.2 Å². The minimum atomic E-state index is -0.0122. The van der Waals surface area contributed by atoms with Gasteiger partial charge in [-0.3, -0.25) is 9.69 Å². The highest BCUT2D eigenvalue weighted by molar-refractivity contribution is 7.22. The Labute approximate surface area is 170 Å². The van der Waals surface area contributed by atoms with Crippen LogP contribution >= 0.6 is 11.3 Å². The second-order valence-corrected chi connectivity index (χ2v) is 7.69. The molecule has 148 valence electrons. The molecule has 0 N–H and O–H groups in total. The number of hydrogen-bond donors (Lipinski definition) is 0. The summed E-state index contributed by atoms with van der Waals surface area (Å²) in [5.74, 6) is 0.755. The first-order valence-corrected chi connectivity index (χ1v) is 10.4. The molecule has 0 aliphatic carbocycles. The number of hydrogen-bond acceptors (Lipinski definition) is 5. The zero-order chi connectivity index (χ0) is 20.1. The Hall–Kier alpha value is -2.44. The molecule has 6 heteroatoms. The molecule has 0 fully saturated rings. The monoisotopic (exact) mass is 397 g/mol. The summed E-state index contributed by atoms with van der Waals surface area (Å²) < 4.78 is 6.35. The van der Waals surface area contributed by atoms with Crippen LogP contribution in [0.1, 0.15) is 29.8 Å². The number of ether oxygens (including phenoxy) is 1. The molecule has 0 aliphatic heterocycles. The van der Waals surface area contributed by atoms with Gasteiger partial charge in [-0.05, 0) is 44.3 Å². The van der Waals surface area contributed by atoms with E-state index in [-0.39, 0.29) is 5.91 Å². The Bertz CT molecular complexity index is 950. The van der Waals surface area contributed by atoms with Crippen LogP contribution in [0, 0.1) is 6.92 Å². The van der Waals surface area contributed by atoms with Crippen molar-refractivity contribution in [1.29, 1.82) is 0 Å². The van der Waals surface area contributed by atoms with Crippen LogP contribution in [0.3, 0.4) is 0 Å². The summed E-state index contributed by atoms with van der Waals surface area (Å²) >= 11 is 1.54. The molecule has 1 amide bonds. The first kappa shape index (κ1) is 20.3. The normalized spacial score (nSPS) is 11.2. The minimum absolute atomic E-state index is 0.0122. The molecule has 0 saturated heterocycles. The van der Waals surface area contributed by atoms with Crippen molar-refractivity contribution in [1.82, 2.24) is 9.88 Å². The van der Waals surface area contributed by atoms with E-state index >= 15 is 0 Å². The predicted molar refractivity (Wildman–Crippen MR) is 117 cm³/mol. The molecular formula is C22H27N3O2S. The topological polar surface area (TPSA) is 45.7 Å². The lowest BCUT2D eigenvalue weighted by Gasteiger charge is -2.24. The lowest BCUT2D eigenvalue weighted by Crippen LogP contribution is -2.38. The second kappa shape index (κ2) is 9.17. The summed E-state index contributed by atoms with van der Waals surface area (Å²) in [5.41, 5.74) is 2.61. The lowest BCUT2D eigenvalue weighted by atomic mass is 10.1. The molecule has 3 aromatic rings. The summed E-state index contributed by atoms with van der Waals surface area (Å²) in [7, 11) is 1.64. The van der Waals surface area contributed by atoms with E-state index < -0.39 is 0 Å². The van der Waals surface area contributed by atoms with Gasteiger partial charge in [0.05, 0.1) is 17.3 Å². The van der Waals surface area contributed by atoms with Gasteiger partial charge in [0, 0.05) is 24.7 Å². The van der Waals surface area contributed by atoms with Crippen LogP contribution in [-0.4, -0.2) is 49.1 Å². The van der Waals surface area contributed by atoms with E-state index in [1.807, 2.05) is 54.3 Å². The minimum Gasteiger partial charge on any atom is -0.497 e. The average Bonchev–Trinajstić information content (AvgIpc) is 3.13. The van der Waals surface area contributed by atoms with Crippen LogP contribution in [0.15, 0.2) is 42.5 Å². The second-order valence-electron chi connectivity index (χ2n) is 6.68. The van der Waals surface area contributed by atoms with E-state index in [9.17, 15) is 4.79 Å². The van der Waals surface area contributed by atoms with Gasteiger partial charge in [0.15, 0.2) is 5.13 Å². The highest BCUT2D eigenvalue weighted by Gasteiger charge is 2.22. The predicted octanol–water partition coefficient (Wildman–Crippen LogP) is 4.60. The van der Waals surface area contributed by atoms with Crippen molar-refractivity contribution in [2.75, 3.05) is 38.2 Å². The molecule has 0 radical (unpaired) electrons. The largest absolute Gasteiger partial charge is 0.497 e. The highest BCUT2D eigenvalue weighted by Crippen LogP contribution is 2.32. The average molecular weight is 398 g/mol. The maximum absolute atomic E-state index is 13.3. The van der Waals surface area contributed by atoms with E-state index in [4.69, 9.17) is 9.72 Å². The fraction of sp³-hybridized carbons (Fsp3) is 0.364. The number of benzene rings is 2. The molecular weight excluding hydrogens is 370 g/mol. The molecule has 2 aromatic carbocycles. The number of likely N-dealkylation sites (N-methyl/N-ethyl adjacent to an activating group) is 1. The van der Waals surface area contributed by atoms with Crippen LogP contribution in [-0.2, 0) is 0 Å². The van der Waals surface area contributed by atoms with Crippen molar-refractivity contribution in [3.05, 3.63) is 53.6 Å². The van der Waals surface area contributed by atoms with Gasteiger partial charge in [-0.2, -0.15) is 0 Å². The fourth-order valence-electron chi connectivity index (χ4n) is 3.14. The van der Waals surface area contributed by atoms with Gasteiger partial charge in [-0.25, -0.2) is 4.98 Å². The Balaban J connectivity index is 1.96. The molecule has 0 spiro atoms. The number of fused-ring (bicyclic) bond motifs is 1. The van der Waals surface area contributed by atoms with Gasteiger partial charge >= 0.3 is 0 Å². The molecule has 0 unspecified atom stereocenters. The zero-order valence-corrected chi connectivity index (χ0v) is 17.8. The Kier molecular flexibility index (Phi) is 6.65. The third-order valence-corrected chi connectivity index (χ3v) is 5.92. The highest BCUT2D eigenvalue weighted by atomic mass is 32.1. The van der Waals surface area contributed by atoms with Gasteiger partial charge < -0.3 is 9.64 Å². The Morgan fingerprint density at radius 3 is 2.57 bits per heavy atom. The van der Waals surface area contributed by atoms with Crippen LogP contribution in [0.4, 0.5) is 5.13 Å². The van der Waals surface area contributed by atoms with Crippen molar-refractivity contribution in [3.8, 4) is 5.75 Å². The number of aryl methyl sites for hydroxylation is 1. The molecule has 0 atom stereocenters. The van der Waals surface area contributed by atoms with Crippen LogP contribution in [0.5, 0.6) is 5.75 Å². The maximum Gasteiger partial charge on any atom is 0.260 e. The Morgan fingerprint density at radius 1 is 1.11 bits per heavy atom. The molecule has 5 nitrogen and oxygen atoms in total. The molecule has 1 heterocycles. The number of thiazole rings is 1. The van der Waals surface area contributed by atoms with Gasteiger partial charge in [-0.15, -0.1) is 0 Å². The molecule has 0 aliphatic rings. The van der Waals surface area contributed by atoms with Crippen LogP contribution in [0.2, 0.25) is 0 Å². The molecule has 0 bridgehead atoms. The number of methoxy groups -OCH3 is 1. The number of anilines is 1. The summed E-state index contributed by atoms with van der Waals surface area (Å²) in [6.45, 7) is 9.61. The summed E-state index contributed by atoms with van der Waals surface area (Å²) in [4.78, 5) is 22.2. The molecule has 3 rings (SSSR count). The van der Waals surface area contributed by atoms with Gasteiger partial charge in [0.2, 0.25) is 0 Å². The standard InChI is InChI=1S/C22H27N3O2S/c1-5-24(6-2)12-13-25(21(26)17-9-7-8-16(3)14-17)22-23-19-15-18(27-4)10-11-20(19)28-22/h7-11,14-15H,5-6,12-13H2,1-4H3. The lowest BCUT2D eigenvalue weighted by molar-refractivity contribution is 0.0983. The van der Waals surface area contributed by atoms with Crippen molar-refractivity contribution in [2.24, 2.45) is 0 Å². The molecule has 0 saturated carbocycles. The molecule has 28 heavy (non-hydrogen) atoms. The van der Waals surface area contributed by atoms with E-state index in [2.05, 4.69) is 18.7 Å².